The molecule has 0 aromatic heterocycles. The molecule has 0 saturated heterocycles. The van der Waals surface area contributed by atoms with Crippen molar-refractivity contribution in [2.75, 3.05) is 7.11 Å². The third kappa shape index (κ3) is 2.03. The van der Waals surface area contributed by atoms with Crippen molar-refractivity contribution in [2.24, 2.45) is 0 Å². The Balaban J connectivity index is 2.03. The Bertz CT molecular complexity index is 616. The summed E-state index contributed by atoms with van der Waals surface area (Å²) in [5, 5.41) is 0. The fourth-order valence-corrected chi connectivity index (χ4v) is 2.85. The first-order valence-corrected chi connectivity index (χ1v) is 6.56. The van der Waals surface area contributed by atoms with Crippen LogP contribution in [0, 0.1) is 0 Å². The van der Waals surface area contributed by atoms with Crippen LogP contribution in [0.2, 0.25) is 0 Å². The molecule has 2 heteroatoms. The Labute approximate surface area is 113 Å². The van der Waals surface area contributed by atoms with E-state index in [2.05, 4.69) is 0 Å². The Kier molecular flexibility index (Phi) is 3.08. The molecule has 0 amide bonds. The van der Waals surface area contributed by atoms with E-state index in [9.17, 15) is 4.79 Å². The van der Waals surface area contributed by atoms with Crippen molar-refractivity contribution in [3.63, 3.8) is 0 Å². The van der Waals surface area contributed by atoms with Gasteiger partial charge in [-0.15, -0.1) is 0 Å². The van der Waals surface area contributed by atoms with Crippen LogP contribution in [-0.4, -0.2) is 12.9 Å². The van der Waals surface area contributed by atoms with Crippen molar-refractivity contribution in [2.45, 2.75) is 18.8 Å². The number of carbonyl (C=O) groups is 1. The second-order valence-electron chi connectivity index (χ2n) is 4.85. The molecule has 1 atom stereocenters. The fraction of sp³-hybridized carbons (Fsp3) is 0.235. The number of hydrogen-bond donors (Lipinski definition) is 0. The van der Waals surface area contributed by atoms with E-state index >= 15 is 0 Å². The first kappa shape index (κ1) is 12.0. The summed E-state index contributed by atoms with van der Waals surface area (Å²) in [4.78, 5) is 12.6. The number of ether oxygens (including phenoxy) is 1. The molecule has 19 heavy (non-hydrogen) atoms. The van der Waals surface area contributed by atoms with Crippen LogP contribution in [0.25, 0.3) is 0 Å². The lowest BCUT2D eigenvalue weighted by Crippen LogP contribution is -2.21. The molecule has 0 spiro atoms. The maximum absolute atomic E-state index is 12.6. The fourth-order valence-electron chi connectivity index (χ4n) is 2.85. The van der Waals surface area contributed by atoms with Gasteiger partial charge in [0.15, 0.2) is 5.78 Å². The summed E-state index contributed by atoms with van der Waals surface area (Å²) in [6.07, 6.45) is 1.81. The van der Waals surface area contributed by atoms with Crippen LogP contribution in [0.5, 0.6) is 5.75 Å². The zero-order chi connectivity index (χ0) is 13.2. The van der Waals surface area contributed by atoms with Crippen molar-refractivity contribution in [3.05, 3.63) is 65.2 Å². The van der Waals surface area contributed by atoms with Crippen molar-refractivity contribution < 1.29 is 9.53 Å². The highest BCUT2D eigenvalue weighted by atomic mass is 16.5. The first-order chi connectivity index (χ1) is 9.31. The molecule has 0 radical (unpaired) electrons. The van der Waals surface area contributed by atoms with Gasteiger partial charge in [-0.2, -0.15) is 0 Å². The summed E-state index contributed by atoms with van der Waals surface area (Å²) in [7, 11) is 1.65. The number of hydrogen-bond acceptors (Lipinski definition) is 2. The number of carbonyl (C=O) groups excluding carboxylic acids is 1. The molecule has 0 unspecified atom stereocenters. The average molecular weight is 252 g/mol. The van der Waals surface area contributed by atoms with Gasteiger partial charge >= 0.3 is 0 Å². The van der Waals surface area contributed by atoms with E-state index in [-0.39, 0.29) is 11.7 Å². The minimum atomic E-state index is -0.0777. The number of fused-ring (bicyclic) bond motifs is 1. The number of para-hydroxylation sites is 1. The quantitative estimate of drug-likeness (QED) is 0.816. The number of Topliss-reactive ketones (excluding diaryl/α,β-unsaturated/α-hetero) is 1. The van der Waals surface area contributed by atoms with Crippen LogP contribution >= 0.6 is 0 Å². The normalized spacial score (nSPS) is 17.9. The molecule has 1 aliphatic carbocycles. The van der Waals surface area contributed by atoms with Crippen LogP contribution in [0.1, 0.15) is 33.8 Å². The molecule has 2 nitrogen and oxygen atoms in total. The molecule has 3 rings (SSSR count). The van der Waals surface area contributed by atoms with Crippen molar-refractivity contribution in [3.8, 4) is 5.75 Å². The Morgan fingerprint density at radius 1 is 1.05 bits per heavy atom. The second-order valence-corrected chi connectivity index (χ2v) is 4.85. The van der Waals surface area contributed by atoms with Gasteiger partial charge in [0.1, 0.15) is 5.75 Å². The Morgan fingerprint density at radius 3 is 2.63 bits per heavy atom. The lowest BCUT2D eigenvalue weighted by Gasteiger charge is -2.24. The van der Waals surface area contributed by atoms with Gasteiger partial charge in [-0.3, -0.25) is 4.79 Å². The largest absolute Gasteiger partial charge is 0.496 e. The molecule has 0 bridgehead atoms. The van der Waals surface area contributed by atoms with Crippen LogP contribution in [-0.2, 0) is 6.42 Å². The van der Waals surface area contributed by atoms with E-state index in [1.165, 1.54) is 5.56 Å². The minimum absolute atomic E-state index is 0.0777. The zero-order valence-corrected chi connectivity index (χ0v) is 10.9. The molecule has 0 saturated carbocycles. The molecule has 0 N–H and O–H groups in total. The smallest absolute Gasteiger partial charge is 0.170 e. The second kappa shape index (κ2) is 4.88. The number of rotatable bonds is 2. The lowest BCUT2D eigenvalue weighted by molar-refractivity contribution is 0.0944. The number of ketones is 1. The van der Waals surface area contributed by atoms with Crippen molar-refractivity contribution in [1.29, 1.82) is 0 Å². The van der Waals surface area contributed by atoms with E-state index in [0.29, 0.717) is 0 Å². The summed E-state index contributed by atoms with van der Waals surface area (Å²) in [6, 6.07) is 15.7. The molecule has 2 aromatic rings. The summed E-state index contributed by atoms with van der Waals surface area (Å²) in [5.41, 5.74) is 3.04. The monoisotopic (exact) mass is 252 g/mol. The van der Waals surface area contributed by atoms with Gasteiger partial charge in [0.05, 0.1) is 13.0 Å². The molecule has 1 aliphatic rings. The van der Waals surface area contributed by atoms with Gasteiger partial charge in [-0.1, -0.05) is 42.5 Å². The first-order valence-electron chi connectivity index (χ1n) is 6.56. The summed E-state index contributed by atoms with van der Waals surface area (Å²) >= 11 is 0. The Morgan fingerprint density at radius 2 is 1.79 bits per heavy atom. The molecular weight excluding hydrogens is 236 g/mol. The van der Waals surface area contributed by atoms with Gasteiger partial charge in [-0.25, -0.2) is 0 Å². The van der Waals surface area contributed by atoms with E-state index in [4.69, 9.17) is 4.74 Å². The highest BCUT2D eigenvalue weighted by Gasteiger charge is 2.29. The molecule has 0 fully saturated rings. The third-order valence-corrected chi connectivity index (χ3v) is 3.82. The van der Waals surface area contributed by atoms with E-state index in [0.717, 1.165) is 29.7 Å². The lowest BCUT2D eigenvalue weighted by atomic mass is 9.79. The summed E-state index contributed by atoms with van der Waals surface area (Å²) in [5.74, 6) is 0.942. The van der Waals surface area contributed by atoms with Crippen LogP contribution in [0.4, 0.5) is 0 Å². The summed E-state index contributed by atoms with van der Waals surface area (Å²) < 4.78 is 5.38. The predicted octanol–water partition coefficient (Wildman–Crippen LogP) is 3.61. The predicted molar refractivity (Wildman–Crippen MR) is 74.8 cm³/mol. The van der Waals surface area contributed by atoms with Crippen LogP contribution in [0.3, 0.4) is 0 Å². The van der Waals surface area contributed by atoms with Gasteiger partial charge in [-0.05, 0) is 24.5 Å². The van der Waals surface area contributed by atoms with E-state index in [1.54, 1.807) is 7.11 Å². The number of benzene rings is 2. The van der Waals surface area contributed by atoms with Gasteiger partial charge in [0.2, 0.25) is 0 Å². The standard InChI is InChI=1S/C17H16O2/c1-19-16-9-5-4-8-14(16)15-11-10-12-6-2-3-7-13(12)17(15)18/h2-9,15H,10-11H2,1H3/t15-/m1/s1. The maximum atomic E-state index is 12.6. The van der Waals surface area contributed by atoms with Crippen LogP contribution < -0.4 is 4.74 Å². The molecule has 96 valence electrons. The zero-order valence-electron chi connectivity index (χ0n) is 10.9. The van der Waals surface area contributed by atoms with E-state index < -0.39 is 0 Å². The highest BCUT2D eigenvalue weighted by Crippen LogP contribution is 2.36. The summed E-state index contributed by atoms with van der Waals surface area (Å²) in [6.45, 7) is 0. The van der Waals surface area contributed by atoms with Gasteiger partial charge < -0.3 is 4.74 Å². The average Bonchev–Trinajstić information content (AvgIpc) is 2.48. The third-order valence-electron chi connectivity index (χ3n) is 3.82. The Hall–Kier alpha value is -2.09. The topological polar surface area (TPSA) is 26.3 Å². The maximum Gasteiger partial charge on any atom is 0.170 e. The van der Waals surface area contributed by atoms with Crippen molar-refractivity contribution >= 4 is 5.78 Å². The van der Waals surface area contributed by atoms with Gasteiger partial charge in [0, 0.05) is 11.1 Å². The SMILES string of the molecule is COc1ccccc1[C@H]1CCc2ccccc2C1=O. The molecule has 0 aliphatic heterocycles. The van der Waals surface area contributed by atoms with Gasteiger partial charge in [0.25, 0.3) is 0 Å². The number of aryl methyl sites for hydroxylation is 1. The highest BCUT2D eigenvalue weighted by molar-refractivity contribution is 6.03. The van der Waals surface area contributed by atoms with Crippen LogP contribution in [0.15, 0.2) is 48.5 Å². The van der Waals surface area contributed by atoms with Crippen molar-refractivity contribution in [1.82, 2.24) is 0 Å². The van der Waals surface area contributed by atoms with E-state index in [1.807, 2.05) is 48.5 Å². The molecule has 0 heterocycles. The molecular formula is C17H16O2. The number of methoxy groups -OCH3 is 1. The minimum Gasteiger partial charge on any atom is -0.496 e. The molecule has 2 aromatic carbocycles.